The highest BCUT2D eigenvalue weighted by molar-refractivity contribution is 7.98. The molecule has 28 heavy (non-hydrogen) atoms. The van der Waals surface area contributed by atoms with Crippen molar-refractivity contribution in [2.24, 2.45) is 0 Å². The van der Waals surface area contributed by atoms with Crippen LogP contribution in [0.4, 0.5) is 0 Å². The van der Waals surface area contributed by atoms with Crippen LogP contribution in [0.25, 0.3) is 22.4 Å². The zero-order valence-corrected chi connectivity index (χ0v) is 16.6. The van der Waals surface area contributed by atoms with Crippen LogP contribution in [0.5, 0.6) is 5.75 Å². The highest BCUT2D eigenvalue weighted by Crippen LogP contribution is 2.28. The summed E-state index contributed by atoms with van der Waals surface area (Å²) in [6.07, 6.45) is 0. The van der Waals surface area contributed by atoms with Crippen LogP contribution in [0, 0.1) is 13.8 Å². The standard InChI is InChI=1S/C21H19N3O3S/c1-12-4-9-17-15(10-18(25)27-19(17)13(12)2)11-28-21-22-20(23-24-21)14-5-7-16(26-3)8-6-14/h4-10H,11H2,1-3H3,(H,22,23,24). The maximum absolute atomic E-state index is 12.0. The Kier molecular flexibility index (Phi) is 4.92. The molecule has 0 fully saturated rings. The van der Waals surface area contributed by atoms with Crippen LogP contribution < -0.4 is 10.4 Å². The number of fused-ring (bicyclic) bond motifs is 1. The Balaban J connectivity index is 1.58. The molecule has 4 aromatic rings. The van der Waals surface area contributed by atoms with Crippen molar-refractivity contribution in [1.29, 1.82) is 0 Å². The summed E-state index contributed by atoms with van der Waals surface area (Å²) in [4.78, 5) is 16.5. The molecular formula is C21H19N3O3S. The number of benzene rings is 2. The summed E-state index contributed by atoms with van der Waals surface area (Å²) < 4.78 is 10.6. The largest absolute Gasteiger partial charge is 0.497 e. The number of rotatable bonds is 5. The van der Waals surface area contributed by atoms with Crippen molar-refractivity contribution < 1.29 is 9.15 Å². The van der Waals surface area contributed by atoms with Gasteiger partial charge in [-0.15, -0.1) is 5.10 Å². The van der Waals surface area contributed by atoms with Crippen molar-refractivity contribution in [2.45, 2.75) is 24.8 Å². The van der Waals surface area contributed by atoms with E-state index in [2.05, 4.69) is 15.2 Å². The Morgan fingerprint density at radius 1 is 1.14 bits per heavy atom. The number of aromatic amines is 1. The van der Waals surface area contributed by atoms with Crippen molar-refractivity contribution in [3.05, 3.63) is 69.6 Å². The second-order valence-corrected chi connectivity index (χ2v) is 7.40. The van der Waals surface area contributed by atoms with Crippen LogP contribution in [0.2, 0.25) is 0 Å². The predicted octanol–water partition coefficient (Wildman–Crippen LogP) is 4.50. The lowest BCUT2D eigenvalue weighted by atomic mass is 10.0. The molecule has 0 atom stereocenters. The second-order valence-electron chi connectivity index (χ2n) is 6.46. The topological polar surface area (TPSA) is 81.0 Å². The average Bonchev–Trinajstić information content (AvgIpc) is 3.18. The fraction of sp³-hybridized carbons (Fsp3) is 0.190. The first-order chi connectivity index (χ1) is 13.5. The molecule has 2 heterocycles. The summed E-state index contributed by atoms with van der Waals surface area (Å²) in [5, 5.41) is 8.80. The molecule has 0 aliphatic rings. The van der Waals surface area contributed by atoms with Gasteiger partial charge < -0.3 is 9.15 Å². The number of aryl methyl sites for hydroxylation is 2. The highest BCUT2D eigenvalue weighted by Gasteiger charge is 2.12. The van der Waals surface area contributed by atoms with E-state index in [4.69, 9.17) is 9.15 Å². The third-order valence-corrected chi connectivity index (χ3v) is 5.60. The third kappa shape index (κ3) is 3.53. The van der Waals surface area contributed by atoms with Crippen molar-refractivity contribution in [1.82, 2.24) is 15.2 Å². The summed E-state index contributed by atoms with van der Waals surface area (Å²) in [5.74, 6) is 2.05. The predicted molar refractivity (Wildman–Crippen MR) is 110 cm³/mol. The molecular weight excluding hydrogens is 374 g/mol. The molecule has 2 aromatic heterocycles. The Morgan fingerprint density at radius 3 is 2.68 bits per heavy atom. The van der Waals surface area contributed by atoms with Crippen LogP contribution in [-0.4, -0.2) is 22.3 Å². The minimum absolute atomic E-state index is 0.342. The molecule has 0 saturated heterocycles. The normalized spacial score (nSPS) is 11.1. The SMILES string of the molecule is COc1ccc(-c2nc(SCc3cc(=O)oc4c(C)c(C)ccc34)n[nH]2)cc1. The smallest absolute Gasteiger partial charge is 0.336 e. The average molecular weight is 393 g/mol. The monoisotopic (exact) mass is 393 g/mol. The number of methoxy groups -OCH3 is 1. The molecule has 0 aliphatic carbocycles. The number of ether oxygens (including phenoxy) is 1. The van der Waals surface area contributed by atoms with Gasteiger partial charge in [-0.25, -0.2) is 9.78 Å². The lowest BCUT2D eigenvalue weighted by Crippen LogP contribution is -2.01. The van der Waals surface area contributed by atoms with E-state index < -0.39 is 0 Å². The first-order valence-electron chi connectivity index (χ1n) is 8.77. The van der Waals surface area contributed by atoms with Gasteiger partial charge in [-0.2, -0.15) is 0 Å². The van der Waals surface area contributed by atoms with Gasteiger partial charge in [0.1, 0.15) is 11.3 Å². The zero-order valence-electron chi connectivity index (χ0n) is 15.8. The van der Waals surface area contributed by atoms with Gasteiger partial charge in [-0.3, -0.25) is 5.10 Å². The van der Waals surface area contributed by atoms with Gasteiger partial charge in [-0.05, 0) is 54.8 Å². The van der Waals surface area contributed by atoms with E-state index in [0.717, 1.165) is 33.4 Å². The molecule has 0 radical (unpaired) electrons. The molecule has 6 nitrogen and oxygen atoms in total. The van der Waals surface area contributed by atoms with Gasteiger partial charge >= 0.3 is 5.63 Å². The van der Waals surface area contributed by atoms with Gasteiger partial charge in [-0.1, -0.05) is 23.9 Å². The number of H-pyrrole nitrogens is 1. The fourth-order valence-corrected chi connectivity index (χ4v) is 3.76. The van der Waals surface area contributed by atoms with Gasteiger partial charge in [0.15, 0.2) is 5.82 Å². The molecule has 2 aromatic carbocycles. The Hall–Kier alpha value is -3.06. The molecule has 0 aliphatic heterocycles. The van der Waals surface area contributed by atoms with E-state index in [1.165, 1.54) is 11.8 Å². The van der Waals surface area contributed by atoms with E-state index in [-0.39, 0.29) is 5.63 Å². The lowest BCUT2D eigenvalue weighted by Gasteiger charge is -2.08. The van der Waals surface area contributed by atoms with E-state index >= 15 is 0 Å². The minimum Gasteiger partial charge on any atom is -0.497 e. The molecule has 1 N–H and O–H groups in total. The Labute approximate surface area is 166 Å². The molecule has 0 amide bonds. The van der Waals surface area contributed by atoms with Crippen LogP contribution in [0.15, 0.2) is 56.8 Å². The lowest BCUT2D eigenvalue weighted by molar-refractivity contribution is 0.415. The Morgan fingerprint density at radius 2 is 1.93 bits per heavy atom. The maximum atomic E-state index is 12.0. The van der Waals surface area contributed by atoms with Crippen molar-refractivity contribution >= 4 is 22.7 Å². The second kappa shape index (κ2) is 7.52. The zero-order chi connectivity index (χ0) is 19.7. The first-order valence-corrected chi connectivity index (χ1v) is 9.76. The number of aromatic nitrogens is 3. The molecule has 0 spiro atoms. The van der Waals surface area contributed by atoms with Gasteiger partial charge in [0.05, 0.1) is 7.11 Å². The van der Waals surface area contributed by atoms with Gasteiger partial charge in [0, 0.05) is 22.8 Å². The minimum atomic E-state index is -0.342. The number of nitrogens with zero attached hydrogens (tertiary/aromatic N) is 2. The van der Waals surface area contributed by atoms with Crippen molar-refractivity contribution in [3.8, 4) is 17.1 Å². The first kappa shape index (κ1) is 18.3. The summed E-state index contributed by atoms with van der Waals surface area (Å²) in [7, 11) is 1.63. The highest BCUT2D eigenvalue weighted by atomic mass is 32.2. The molecule has 7 heteroatoms. The van der Waals surface area contributed by atoms with Crippen LogP contribution in [0.3, 0.4) is 0 Å². The number of nitrogens with one attached hydrogen (secondary N) is 1. The van der Waals surface area contributed by atoms with E-state index in [0.29, 0.717) is 22.3 Å². The molecule has 142 valence electrons. The third-order valence-electron chi connectivity index (χ3n) is 4.70. The Bertz CT molecular complexity index is 1200. The van der Waals surface area contributed by atoms with Gasteiger partial charge in [0.2, 0.25) is 5.16 Å². The number of thioether (sulfide) groups is 1. The molecule has 0 bridgehead atoms. The summed E-state index contributed by atoms with van der Waals surface area (Å²) in [6, 6.07) is 13.2. The van der Waals surface area contributed by atoms with E-state index in [9.17, 15) is 4.79 Å². The number of hydrogen-bond acceptors (Lipinski definition) is 6. The number of hydrogen-bond donors (Lipinski definition) is 1. The van der Waals surface area contributed by atoms with Gasteiger partial charge in [0.25, 0.3) is 0 Å². The van der Waals surface area contributed by atoms with Crippen LogP contribution in [-0.2, 0) is 5.75 Å². The summed E-state index contributed by atoms with van der Waals surface area (Å²) >= 11 is 1.47. The van der Waals surface area contributed by atoms with Crippen LogP contribution >= 0.6 is 11.8 Å². The van der Waals surface area contributed by atoms with E-state index in [1.807, 2.05) is 50.2 Å². The summed E-state index contributed by atoms with van der Waals surface area (Å²) in [6.45, 7) is 3.97. The summed E-state index contributed by atoms with van der Waals surface area (Å²) in [5.41, 5.74) is 4.23. The molecule has 0 unspecified atom stereocenters. The van der Waals surface area contributed by atoms with Crippen molar-refractivity contribution in [2.75, 3.05) is 7.11 Å². The van der Waals surface area contributed by atoms with E-state index in [1.54, 1.807) is 13.2 Å². The quantitative estimate of drug-likeness (QED) is 0.397. The maximum Gasteiger partial charge on any atom is 0.336 e. The van der Waals surface area contributed by atoms with Crippen molar-refractivity contribution in [3.63, 3.8) is 0 Å². The molecule has 4 rings (SSSR count). The van der Waals surface area contributed by atoms with Crippen LogP contribution in [0.1, 0.15) is 16.7 Å². The fourth-order valence-electron chi connectivity index (χ4n) is 2.98. The molecule has 0 saturated carbocycles.